The first-order valence-electron chi connectivity index (χ1n) is 13.7. The van der Waals surface area contributed by atoms with E-state index < -0.39 is 6.23 Å². The van der Waals surface area contributed by atoms with Crippen LogP contribution in [0.4, 0.5) is 16.3 Å². The molecule has 4 heterocycles. The van der Waals surface area contributed by atoms with E-state index in [4.69, 9.17) is 4.74 Å². The first-order valence-corrected chi connectivity index (χ1v) is 13.7. The minimum absolute atomic E-state index is 0.0485. The number of carbonyl (C=O) groups is 2. The minimum atomic E-state index is -0.464. The van der Waals surface area contributed by atoms with Gasteiger partial charge in [-0.05, 0) is 80.8 Å². The molecule has 1 aliphatic carbocycles. The van der Waals surface area contributed by atoms with E-state index in [-0.39, 0.29) is 18.0 Å². The van der Waals surface area contributed by atoms with E-state index in [2.05, 4.69) is 50.9 Å². The number of fused-ring (bicyclic) bond motifs is 3. The highest BCUT2D eigenvalue weighted by Crippen LogP contribution is 2.42. The lowest BCUT2D eigenvalue weighted by atomic mass is 9.99. The molecule has 3 amide bonds. The van der Waals surface area contributed by atoms with Gasteiger partial charge in [-0.2, -0.15) is 0 Å². The highest BCUT2D eigenvalue weighted by Gasteiger charge is 2.42. The van der Waals surface area contributed by atoms with E-state index in [9.17, 15) is 9.59 Å². The molecule has 6 rings (SSSR count). The molecule has 2 fully saturated rings. The van der Waals surface area contributed by atoms with E-state index in [0.717, 1.165) is 44.5 Å². The van der Waals surface area contributed by atoms with Crippen molar-refractivity contribution in [3.8, 4) is 0 Å². The Morgan fingerprint density at radius 1 is 1.13 bits per heavy atom. The van der Waals surface area contributed by atoms with Crippen molar-refractivity contribution in [2.24, 2.45) is 5.92 Å². The number of amides is 3. The number of hydrogen-bond acceptors (Lipinski definition) is 5. The molecule has 8 heteroatoms. The van der Waals surface area contributed by atoms with Crippen LogP contribution < -0.4 is 10.6 Å². The second kappa shape index (κ2) is 10.7. The Bertz CT molecular complexity index is 1270. The number of likely N-dealkylation sites (tertiary alicyclic amines) is 1. The third-order valence-corrected chi connectivity index (χ3v) is 8.11. The number of nitrogens with zero attached hydrogens (tertiary/aromatic N) is 3. The molecular weight excluding hydrogens is 478 g/mol. The molecule has 2 saturated heterocycles. The van der Waals surface area contributed by atoms with Gasteiger partial charge in [0.15, 0.2) is 6.23 Å². The van der Waals surface area contributed by atoms with E-state index in [0.29, 0.717) is 35.4 Å². The van der Waals surface area contributed by atoms with Gasteiger partial charge < -0.3 is 19.9 Å². The van der Waals surface area contributed by atoms with Crippen molar-refractivity contribution in [2.75, 3.05) is 36.8 Å². The summed E-state index contributed by atoms with van der Waals surface area (Å²) >= 11 is 0. The number of rotatable bonds is 5. The fourth-order valence-electron chi connectivity index (χ4n) is 6.11. The van der Waals surface area contributed by atoms with Gasteiger partial charge in [0.2, 0.25) is 0 Å². The number of hydrogen-bond donors (Lipinski definition) is 2. The minimum Gasteiger partial charge on any atom is -0.351 e. The molecule has 1 aromatic carbocycles. The molecule has 2 aromatic rings. The number of pyridine rings is 1. The van der Waals surface area contributed by atoms with Gasteiger partial charge in [0.25, 0.3) is 5.91 Å². The average molecular weight is 514 g/mol. The van der Waals surface area contributed by atoms with Crippen molar-refractivity contribution in [3.63, 3.8) is 0 Å². The largest absolute Gasteiger partial charge is 0.351 e. The van der Waals surface area contributed by atoms with Crippen LogP contribution in [0.2, 0.25) is 0 Å². The van der Waals surface area contributed by atoms with Crippen molar-refractivity contribution >= 4 is 23.4 Å². The number of anilines is 2. The van der Waals surface area contributed by atoms with Crippen LogP contribution in [-0.4, -0.2) is 59.0 Å². The summed E-state index contributed by atoms with van der Waals surface area (Å²) in [5.41, 5.74) is 3.09. The van der Waals surface area contributed by atoms with E-state index in [1.54, 1.807) is 23.2 Å². The molecule has 8 nitrogen and oxygen atoms in total. The van der Waals surface area contributed by atoms with E-state index in [1.807, 2.05) is 19.1 Å². The van der Waals surface area contributed by atoms with Gasteiger partial charge in [0, 0.05) is 37.0 Å². The van der Waals surface area contributed by atoms with Crippen LogP contribution >= 0.6 is 0 Å². The molecular formula is C30H35N5O3. The highest BCUT2D eigenvalue weighted by molar-refractivity contribution is 6.04. The van der Waals surface area contributed by atoms with Gasteiger partial charge >= 0.3 is 6.03 Å². The van der Waals surface area contributed by atoms with Gasteiger partial charge in [-0.25, -0.2) is 9.78 Å². The lowest BCUT2D eigenvalue weighted by Gasteiger charge is -2.34. The predicted molar refractivity (Wildman–Crippen MR) is 147 cm³/mol. The van der Waals surface area contributed by atoms with Crippen LogP contribution in [0.3, 0.4) is 0 Å². The van der Waals surface area contributed by atoms with Gasteiger partial charge in [-0.15, -0.1) is 0 Å². The molecule has 38 heavy (non-hydrogen) atoms. The fraction of sp³-hybridized carbons (Fsp3) is 0.433. The van der Waals surface area contributed by atoms with E-state index >= 15 is 0 Å². The summed E-state index contributed by atoms with van der Waals surface area (Å²) in [7, 11) is 0. The topological polar surface area (TPSA) is 86.8 Å². The number of aromatic nitrogens is 1. The number of ether oxygens (including phenoxy) is 1. The summed E-state index contributed by atoms with van der Waals surface area (Å²) in [5.74, 6) is 1.50. The Morgan fingerprint density at radius 3 is 2.97 bits per heavy atom. The Kier molecular flexibility index (Phi) is 7.00. The summed E-state index contributed by atoms with van der Waals surface area (Å²) in [4.78, 5) is 34.6. The van der Waals surface area contributed by atoms with Crippen LogP contribution in [0.15, 0.2) is 60.8 Å². The molecule has 1 aromatic heterocycles. The second-order valence-corrected chi connectivity index (χ2v) is 10.8. The van der Waals surface area contributed by atoms with Crippen molar-refractivity contribution in [3.05, 3.63) is 77.5 Å². The maximum atomic E-state index is 13.0. The summed E-state index contributed by atoms with van der Waals surface area (Å²) in [5, 5.41) is 5.83. The number of benzene rings is 1. The zero-order valence-corrected chi connectivity index (χ0v) is 21.8. The first-order chi connectivity index (χ1) is 18.5. The fourth-order valence-corrected chi connectivity index (χ4v) is 6.11. The first kappa shape index (κ1) is 24.8. The lowest BCUT2D eigenvalue weighted by molar-refractivity contribution is -0.111. The van der Waals surface area contributed by atoms with Gasteiger partial charge in [0.05, 0.1) is 11.8 Å². The molecule has 0 radical (unpaired) electrons. The maximum Gasteiger partial charge on any atom is 0.324 e. The second-order valence-electron chi connectivity index (χ2n) is 10.8. The summed E-state index contributed by atoms with van der Waals surface area (Å²) < 4.78 is 6.09. The zero-order valence-electron chi connectivity index (χ0n) is 21.8. The third kappa shape index (κ3) is 5.11. The molecule has 4 atom stereocenters. The lowest BCUT2D eigenvalue weighted by Crippen LogP contribution is -2.38. The van der Waals surface area contributed by atoms with Gasteiger partial charge in [-0.3, -0.25) is 10.1 Å². The van der Waals surface area contributed by atoms with Crippen LogP contribution in [0.25, 0.3) is 0 Å². The standard InChI is InChI=1S/C30H35N5O3/c1-20-12-16-35-28(36)24-9-6-10-25(27(24)29(35)38-20)32-30(37)33-26-17-22(11-14-31-26)23-13-15-34(19-23)18-21-7-4-2-3-5-8-21/h2-4,6-7,9-11,14,17,20-21,23,29H,5,8,12-13,15-16,18-19H2,1H3,(H2,31,32,33,37). The van der Waals surface area contributed by atoms with Crippen LogP contribution in [0.5, 0.6) is 0 Å². The van der Waals surface area contributed by atoms with Crippen LogP contribution in [-0.2, 0) is 4.74 Å². The Labute approximate surface area is 223 Å². The van der Waals surface area contributed by atoms with Crippen molar-refractivity contribution in [1.29, 1.82) is 0 Å². The summed E-state index contributed by atoms with van der Waals surface area (Å²) in [6.07, 6.45) is 14.5. The Balaban J connectivity index is 1.10. The molecule has 0 spiro atoms. The maximum absolute atomic E-state index is 13.0. The molecule has 4 aliphatic rings. The summed E-state index contributed by atoms with van der Waals surface area (Å²) in [6.45, 7) is 5.86. The molecule has 198 valence electrons. The SMILES string of the molecule is CC1CCN2C(=O)c3cccc(NC(=O)Nc4cc(C5CCN(CC6C=CC=CCC6)C5)ccn4)c3C2O1. The van der Waals surface area contributed by atoms with Gasteiger partial charge in [-0.1, -0.05) is 30.4 Å². The number of carbonyl (C=O) groups excluding carboxylic acids is 2. The Hall–Kier alpha value is -3.49. The normalized spacial score (nSPS) is 26.7. The van der Waals surface area contributed by atoms with Crippen molar-refractivity contribution in [1.82, 2.24) is 14.8 Å². The number of urea groups is 1. The summed E-state index contributed by atoms with van der Waals surface area (Å²) in [6, 6.07) is 9.05. The van der Waals surface area contributed by atoms with Crippen LogP contribution in [0, 0.1) is 5.92 Å². The Morgan fingerprint density at radius 2 is 2.05 bits per heavy atom. The highest BCUT2D eigenvalue weighted by atomic mass is 16.5. The van der Waals surface area contributed by atoms with Gasteiger partial charge in [0.1, 0.15) is 5.82 Å². The van der Waals surface area contributed by atoms with E-state index in [1.165, 1.54) is 12.0 Å². The molecule has 0 saturated carbocycles. The molecule has 3 aliphatic heterocycles. The smallest absolute Gasteiger partial charge is 0.324 e. The molecule has 2 N–H and O–H groups in total. The number of allylic oxidation sites excluding steroid dienone is 3. The van der Waals surface area contributed by atoms with Crippen LogP contribution in [0.1, 0.15) is 66.2 Å². The number of nitrogens with one attached hydrogen (secondary N) is 2. The van der Waals surface area contributed by atoms with Crippen molar-refractivity contribution < 1.29 is 14.3 Å². The predicted octanol–water partition coefficient (Wildman–Crippen LogP) is 5.30. The zero-order chi connectivity index (χ0) is 26.1. The molecule has 4 unspecified atom stereocenters. The monoisotopic (exact) mass is 513 g/mol. The third-order valence-electron chi connectivity index (χ3n) is 8.11. The average Bonchev–Trinajstić information content (AvgIpc) is 3.38. The quantitative estimate of drug-likeness (QED) is 0.567. The molecule has 0 bridgehead atoms. The van der Waals surface area contributed by atoms with Crippen molar-refractivity contribution in [2.45, 2.75) is 50.9 Å².